The Balaban J connectivity index is 1.78. The molecule has 0 heterocycles. The number of amides is 2. The Hall–Kier alpha value is -3.60. The van der Waals surface area contributed by atoms with Crippen LogP contribution in [0.5, 0.6) is 5.75 Å². The number of carbonyl (C=O) groups is 2. The predicted octanol–water partition coefficient (Wildman–Crippen LogP) is 5.64. The van der Waals surface area contributed by atoms with Crippen molar-refractivity contribution in [3.05, 3.63) is 90.0 Å². The fourth-order valence-electron chi connectivity index (χ4n) is 3.17. The molecule has 0 unspecified atom stereocenters. The molecule has 0 bridgehead atoms. The summed E-state index contributed by atoms with van der Waals surface area (Å²) >= 11 is 0. The van der Waals surface area contributed by atoms with E-state index in [4.69, 9.17) is 4.74 Å². The molecule has 0 atom stereocenters. The molecule has 5 heteroatoms. The van der Waals surface area contributed by atoms with E-state index < -0.39 is 0 Å². The van der Waals surface area contributed by atoms with Crippen molar-refractivity contribution >= 4 is 23.2 Å². The van der Waals surface area contributed by atoms with Gasteiger partial charge in [-0.1, -0.05) is 50.2 Å². The number of hydrogen-bond acceptors (Lipinski definition) is 3. The van der Waals surface area contributed by atoms with E-state index >= 15 is 0 Å². The van der Waals surface area contributed by atoms with Crippen molar-refractivity contribution in [1.29, 1.82) is 0 Å². The van der Waals surface area contributed by atoms with Gasteiger partial charge in [0.25, 0.3) is 11.8 Å². The standard InChI is InChI=1S/C26H28N2O3/c1-4-28(22-13-6-5-7-14-22)26(30)20-11-10-12-21(17-20)27-25(29)23-15-8-9-16-24(23)31-18-19(2)3/h5-17,19H,4,18H2,1-3H3,(H,27,29). The van der Waals surface area contributed by atoms with Gasteiger partial charge in [0.05, 0.1) is 12.2 Å². The first-order valence-electron chi connectivity index (χ1n) is 10.5. The number of rotatable bonds is 8. The third kappa shape index (κ3) is 5.72. The number of nitrogens with one attached hydrogen (secondary N) is 1. The Labute approximate surface area is 183 Å². The lowest BCUT2D eigenvalue weighted by Crippen LogP contribution is -2.30. The first-order valence-corrected chi connectivity index (χ1v) is 10.5. The molecule has 0 fully saturated rings. The molecular formula is C26H28N2O3. The van der Waals surface area contributed by atoms with E-state index in [1.54, 1.807) is 47.4 Å². The number of para-hydroxylation sites is 2. The molecule has 5 nitrogen and oxygen atoms in total. The van der Waals surface area contributed by atoms with Gasteiger partial charge in [0.1, 0.15) is 5.75 Å². The number of benzene rings is 3. The second-order valence-corrected chi connectivity index (χ2v) is 7.62. The minimum absolute atomic E-state index is 0.120. The maximum atomic E-state index is 13.1. The third-order valence-corrected chi connectivity index (χ3v) is 4.70. The summed E-state index contributed by atoms with van der Waals surface area (Å²) in [5.74, 6) is 0.497. The van der Waals surface area contributed by atoms with E-state index in [2.05, 4.69) is 19.2 Å². The molecule has 0 aliphatic carbocycles. The quantitative estimate of drug-likeness (QED) is 0.517. The lowest BCUT2D eigenvalue weighted by molar-refractivity contribution is 0.0985. The van der Waals surface area contributed by atoms with Gasteiger partial charge in [-0.15, -0.1) is 0 Å². The maximum absolute atomic E-state index is 13.1. The largest absolute Gasteiger partial charge is 0.492 e. The lowest BCUT2D eigenvalue weighted by atomic mass is 10.1. The summed E-state index contributed by atoms with van der Waals surface area (Å²) in [6.07, 6.45) is 0. The monoisotopic (exact) mass is 416 g/mol. The maximum Gasteiger partial charge on any atom is 0.259 e. The van der Waals surface area contributed by atoms with Crippen LogP contribution in [0.1, 0.15) is 41.5 Å². The fourth-order valence-corrected chi connectivity index (χ4v) is 3.17. The molecule has 3 aromatic rings. The van der Waals surface area contributed by atoms with E-state index in [9.17, 15) is 9.59 Å². The molecule has 0 radical (unpaired) electrons. The molecular weight excluding hydrogens is 388 g/mol. The second kappa shape index (κ2) is 10.4. The SMILES string of the molecule is CCN(C(=O)c1cccc(NC(=O)c2ccccc2OCC(C)C)c1)c1ccccc1. The fraction of sp³-hybridized carbons (Fsp3) is 0.231. The smallest absolute Gasteiger partial charge is 0.259 e. The second-order valence-electron chi connectivity index (χ2n) is 7.62. The van der Waals surface area contributed by atoms with E-state index in [1.165, 1.54) is 0 Å². The van der Waals surface area contributed by atoms with Gasteiger partial charge in [0.15, 0.2) is 0 Å². The Morgan fingerprint density at radius 1 is 0.935 bits per heavy atom. The van der Waals surface area contributed by atoms with Crippen LogP contribution in [0.2, 0.25) is 0 Å². The van der Waals surface area contributed by atoms with E-state index in [1.807, 2.05) is 43.3 Å². The third-order valence-electron chi connectivity index (χ3n) is 4.70. The first kappa shape index (κ1) is 22.1. The highest BCUT2D eigenvalue weighted by Gasteiger charge is 2.17. The molecule has 0 aliphatic heterocycles. The normalized spacial score (nSPS) is 10.6. The predicted molar refractivity (Wildman–Crippen MR) is 125 cm³/mol. The van der Waals surface area contributed by atoms with Crippen LogP contribution in [0.3, 0.4) is 0 Å². The van der Waals surface area contributed by atoms with Crippen molar-refractivity contribution in [3.8, 4) is 5.75 Å². The number of ether oxygens (including phenoxy) is 1. The molecule has 160 valence electrons. The zero-order valence-electron chi connectivity index (χ0n) is 18.2. The molecule has 3 aromatic carbocycles. The van der Waals surface area contributed by atoms with Gasteiger partial charge in [0, 0.05) is 23.5 Å². The summed E-state index contributed by atoms with van der Waals surface area (Å²) in [7, 11) is 0. The van der Waals surface area contributed by atoms with Crippen LogP contribution in [0.15, 0.2) is 78.9 Å². The Morgan fingerprint density at radius 3 is 2.35 bits per heavy atom. The van der Waals surface area contributed by atoms with Crippen LogP contribution in [-0.2, 0) is 0 Å². The van der Waals surface area contributed by atoms with E-state index in [-0.39, 0.29) is 11.8 Å². The van der Waals surface area contributed by atoms with Crippen LogP contribution in [0.4, 0.5) is 11.4 Å². The molecule has 0 spiro atoms. The number of anilines is 2. The number of nitrogens with zero attached hydrogens (tertiary/aromatic N) is 1. The zero-order valence-corrected chi connectivity index (χ0v) is 18.2. The van der Waals surface area contributed by atoms with Crippen molar-refractivity contribution in [2.75, 3.05) is 23.4 Å². The summed E-state index contributed by atoms with van der Waals surface area (Å²) < 4.78 is 5.79. The summed E-state index contributed by atoms with van der Waals surface area (Å²) in [5, 5.41) is 2.89. The highest BCUT2D eigenvalue weighted by atomic mass is 16.5. The first-order chi connectivity index (χ1) is 15.0. The van der Waals surface area contributed by atoms with Crippen LogP contribution in [-0.4, -0.2) is 25.0 Å². The van der Waals surface area contributed by atoms with E-state index in [0.717, 1.165) is 5.69 Å². The molecule has 0 aromatic heterocycles. The van der Waals surface area contributed by atoms with Crippen LogP contribution < -0.4 is 15.0 Å². The van der Waals surface area contributed by atoms with Gasteiger partial charge >= 0.3 is 0 Å². The van der Waals surface area contributed by atoms with Gasteiger partial charge in [-0.2, -0.15) is 0 Å². The molecule has 2 amide bonds. The van der Waals surface area contributed by atoms with E-state index in [0.29, 0.717) is 41.6 Å². The Bertz CT molecular complexity index is 1030. The summed E-state index contributed by atoms with van der Waals surface area (Å²) in [5.41, 5.74) is 2.35. The minimum Gasteiger partial charge on any atom is -0.492 e. The zero-order chi connectivity index (χ0) is 22.2. The lowest BCUT2D eigenvalue weighted by Gasteiger charge is -2.21. The molecule has 3 rings (SSSR count). The summed E-state index contributed by atoms with van der Waals surface area (Å²) in [4.78, 5) is 27.7. The number of hydrogen-bond donors (Lipinski definition) is 1. The van der Waals surface area contributed by atoms with Crippen molar-refractivity contribution in [1.82, 2.24) is 0 Å². The van der Waals surface area contributed by atoms with Crippen LogP contribution >= 0.6 is 0 Å². The van der Waals surface area contributed by atoms with Gasteiger partial charge in [-0.3, -0.25) is 9.59 Å². The molecule has 1 N–H and O–H groups in total. The highest BCUT2D eigenvalue weighted by Crippen LogP contribution is 2.22. The number of carbonyl (C=O) groups excluding carboxylic acids is 2. The highest BCUT2D eigenvalue weighted by molar-refractivity contribution is 6.09. The van der Waals surface area contributed by atoms with Gasteiger partial charge < -0.3 is 15.0 Å². The minimum atomic E-state index is -0.278. The topological polar surface area (TPSA) is 58.6 Å². The molecule has 0 aliphatic rings. The summed E-state index contributed by atoms with van der Waals surface area (Å²) in [6.45, 7) is 7.12. The average molecular weight is 417 g/mol. The van der Waals surface area contributed by atoms with Gasteiger partial charge in [-0.05, 0) is 55.3 Å². The Morgan fingerprint density at radius 2 is 1.65 bits per heavy atom. The van der Waals surface area contributed by atoms with Crippen LogP contribution in [0.25, 0.3) is 0 Å². The van der Waals surface area contributed by atoms with Gasteiger partial charge in [-0.25, -0.2) is 0 Å². The molecule has 0 saturated heterocycles. The molecule has 31 heavy (non-hydrogen) atoms. The Kier molecular flexibility index (Phi) is 7.44. The van der Waals surface area contributed by atoms with Crippen LogP contribution in [0, 0.1) is 5.92 Å². The van der Waals surface area contributed by atoms with Crippen molar-refractivity contribution in [2.24, 2.45) is 5.92 Å². The van der Waals surface area contributed by atoms with Crippen molar-refractivity contribution < 1.29 is 14.3 Å². The molecule has 0 saturated carbocycles. The van der Waals surface area contributed by atoms with Crippen molar-refractivity contribution in [3.63, 3.8) is 0 Å². The summed E-state index contributed by atoms with van der Waals surface area (Å²) in [6, 6.07) is 23.7. The van der Waals surface area contributed by atoms with Gasteiger partial charge in [0.2, 0.25) is 0 Å². The van der Waals surface area contributed by atoms with Crippen molar-refractivity contribution in [2.45, 2.75) is 20.8 Å². The average Bonchev–Trinajstić information content (AvgIpc) is 2.79.